The largest absolute Gasteiger partial charge is 0.381 e. The number of piperidine rings is 2. The van der Waals surface area contributed by atoms with E-state index in [1.807, 2.05) is 35.5 Å². The van der Waals surface area contributed by atoms with Crippen LogP contribution in [0, 0.1) is 29.6 Å². The van der Waals surface area contributed by atoms with Crippen LogP contribution in [0.4, 0.5) is 0 Å². The first-order valence-electron chi connectivity index (χ1n) is 14.0. The summed E-state index contributed by atoms with van der Waals surface area (Å²) in [5.74, 6) is 3.74. The van der Waals surface area contributed by atoms with Crippen molar-refractivity contribution in [2.75, 3.05) is 42.1 Å². The summed E-state index contributed by atoms with van der Waals surface area (Å²) in [5.41, 5.74) is 0. The van der Waals surface area contributed by atoms with Crippen LogP contribution < -0.4 is 0 Å². The van der Waals surface area contributed by atoms with Crippen molar-refractivity contribution in [1.29, 1.82) is 0 Å². The molecule has 34 heavy (non-hydrogen) atoms. The summed E-state index contributed by atoms with van der Waals surface area (Å²) in [6.07, 6.45) is 13.7. The first-order valence-corrected chi connectivity index (χ1v) is 14.0. The molecule has 2 aliphatic heterocycles. The van der Waals surface area contributed by atoms with Crippen molar-refractivity contribution in [2.24, 2.45) is 29.6 Å². The average Bonchev–Trinajstić information content (AvgIpc) is 2.90. The van der Waals surface area contributed by atoms with Crippen molar-refractivity contribution < 1.29 is 23.7 Å². The van der Waals surface area contributed by atoms with Gasteiger partial charge >= 0.3 is 0 Å². The molecule has 3 aliphatic carbocycles. The zero-order valence-electron chi connectivity index (χ0n) is 22.2. The van der Waals surface area contributed by atoms with Crippen LogP contribution >= 0.6 is 0 Å². The molecule has 5 rings (SSSR count). The van der Waals surface area contributed by atoms with E-state index in [9.17, 15) is 0 Å². The third kappa shape index (κ3) is 4.61. The van der Waals surface area contributed by atoms with E-state index in [0.29, 0.717) is 18.2 Å². The number of methoxy groups -OCH3 is 5. The summed E-state index contributed by atoms with van der Waals surface area (Å²) in [7, 11) is 9.39. The molecule has 10 unspecified atom stereocenters. The standard InChI is InChI=1S/C28H49NO5/c1-30-20-8-6-17(7-9-20)28-22-16-27(34-5)25(32-3)14-19(22)12-23-21-15-26(33-4)24(31-2)13-18(21)10-11-29(23)28/h17-28H,6-16H2,1-5H3. The molecule has 6 heteroatoms. The minimum absolute atomic E-state index is 0.230. The lowest BCUT2D eigenvalue weighted by atomic mass is 9.58. The van der Waals surface area contributed by atoms with Crippen LogP contribution in [0.1, 0.15) is 64.2 Å². The predicted molar refractivity (Wildman–Crippen MR) is 132 cm³/mol. The maximum atomic E-state index is 5.99. The highest BCUT2D eigenvalue weighted by Crippen LogP contribution is 2.54. The summed E-state index contributed by atoms with van der Waals surface area (Å²) in [6.45, 7) is 1.25. The quantitative estimate of drug-likeness (QED) is 0.570. The van der Waals surface area contributed by atoms with Gasteiger partial charge in [0.15, 0.2) is 0 Å². The Morgan fingerprint density at radius 3 is 1.65 bits per heavy atom. The molecule has 5 aliphatic rings. The monoisotopic (exact) mass is 479 g/mol. The van der Waals surface area contributed by atoms with E-state index < -0.39 is 0 Å². The van der Waals surface area contributed by atoms with Crippen LogP contribution in [-0.2, 0) is 23.7 Å². The highest BCUT2D eigenvalue weighted by molar-refractivity contribution is 5.08. The van der Waals surface area contributed by atoms with Gasteiger partial charge in [-0.3, -0.25) is 4.90 Å². The molecule has 2 heterocycles. The van der Waals surface area contributed by atoms with Crippen LogP contribution in [-0.4, -0.2) is 89.6 Å². The first-order chi connectivity index (χ1) is 16.6. The Bertz CT molecular complexity index is 655. The molecular formula is C28H49NO5. The zero-order chi connectivity index (χ0) is 23.8. The summed E-state index contributed by atoms with van der Waals surface area (Å²) in [6, 6.07) is 1.36. The Morgan fingerprint density at radius 1 is 0.500 bits per heavy atom. The maximum absolute atomic E-state index is 5.99. The molecule has 2 saturated heterocycles. The minimum Gasteiger partial charge on any atom is -0.381 e. The maximum Gasteiger partial charge on any atom is 0.0836 e. The second-order valence-corrected chi connectivity index (χ2v) is 12.0. The fourth-order valence-corrected chi connectivity index (χ4v) is 9.21. The van der Waals surface area contributed by atoms with E-state index in [2.05, 4.69) is 4.90 Å². The number of hydrogen-bond donors (Lipinski definition) is 0. The molecule has 0 spiro atoms. The van der Waals surface area contributed by atoms with Gasteiger partial charge in [-0.2, -0.15) is 0 Å². The average molecular weight is 480 g/mol. The van der Waals surface area contributed by atoms with E-state index >= 15 is 0 Å². The van der Waals surface area contributed by atoms with Gasteiger partial charge in [0.2, 0.25) is 0 Å². The second kappa shape index (κ2) is 11.0. The van der Waals surface area contributed by atoms with Crippen molar-refractivity contribution in [3.8, 4) is 0 Å². The Balaban J connectivity index is 1.42. The van der Waals surface area contributed by atoms with Gasteiger partial charge in [0.05, 0.1) is 30.5 Å². The highest BCUT2D eigenvalue weighted by Gasteiger charge is 2.55. The molecule has 0 aromatic rings. The molecular weight excluding hydrogens is 430 g/mol. The molecule has 0 bridgehead atoms. The zero-order valence-corrected chi connectivity index (χ0v) is 22.2. The molecule has 0 N–H and O–H groups in total. The molecule has 5 fully saturated rings. The lowest BCUT2D eigenvalue weighted by molar-refractivity contribution is -0.172. The van der Waals surface area contributed by atoms with Gasteiger partial charge in [-0.25, -0.2) is 0 Å². The van der Waals surface area contributed by atoms with E-state index in [4.69, 9.17) is 23.7 Å². The summed E-state index contributed by atoms with van der Waals surface area (Å²) in [4.78, 5) is 3.01. The number of rotatable bonds is 6. The number of nitrogens with zero attached hydrogens (tertiary/aromatic N) is 1. The molecule has 0 radical (unpaired) electrons. The van der Waals surface area contributed by atoms with E-state index in [1.54, 1.807) is 0 Å². The summed E-state index contributed by atoms with van der Waals surface area (Å²) < 4.78 is 29.5. The van der Waals surface area contributed by atoms with Gasteiger partial charge < -0.3 is 23.7 Å². The van der Waals surface area contributed by atoms with Crippen molar-refractivity contribution in [3.63, 3.8) is 0 Å². The molecule has 6 nitrogen and oxygen atoms in total. The first kappa shape index (κ1) is 25.4. The smallest absolute Gasteiger partial charge is 0.0836 e. The van der Waals surface area contributed by atoms with Crippen molar-refractivity contribution in [2.45, 2.75) is 107 Å². The van der Waals surface area contributed by atoms with Gasteiger partial charge in [-0.05, 0) is 100 Å². The SMILES string of the molecule is COC1CCC(C2C3CC(OC)C(OC)CC3CC3C4CC(OC)C(OC)CC4CCN32)CC1. The Hall–Kier alpha value is -0.240. The Morgan fingerprint density at radius 2 is 1.06 bits per heavy atom. The van der Waals surface area contributed by atoms with Gasteiger partial charge in [0.1, 0.15) is 0 Å². The fraction of sp³-hybridized carbons (Fsp3) is 1.00. The Labute approximate surface area is 207 Å². The minimum atomic E-state index is 0.230. The molecule has 196 valence electrons. The summed E-state index contributed by atoms with van der Waals surface area (Å²) >= 11 is 0. The molecule has 0 amide bonds. The van der Waals surface area contributed by atoms with Crippen LogP contribution in [0.5, 0.6) is 0 Å². The lowest BCUT2D eigenvalue weighted by Gasteiger charge is -2.62. The van der Waals surface area contributed by atoms with Gasteiger partial charge in [-0.15, -0.1) is 0 Å². The number of hydrogen-bond acceptors (Lipinski definition) is 6. The van der Waals surface area contributed by atoms with Gasteiger partial charge in [0.25, 0.3) is 0 Å². The second-order valence-electron chi connectivity index (χ2n) is 12.0. The Kier molecular flexibility index (Phi) is 8.24. The van der Waals surface area contributed by atoms with E-state index in [1.165, 1.54) is 45.1 Å². The number of fused-ring (bicyclic) bond motifs is 4. The van der Waals surface area contributed by atoms with Crippen molar-refractivity contribution in [1.82, 2.24) is 4.90 Å². The van der Waals surface area contributed by atoms with Crippen LogP contribution in [0.2, 0.25) is 0 Å². The highest BCUT2D eigenvalue weighted by atomic mass is 16.5. The van der Waals surface area contributed by atoms with Crippen LogP contribution in [0.3, 0.4) is 0 Å². The number of ether oxygens (including phenoxy) is 5. The van der Waals surface area contributed by atoms with E-state index in [0.717, 1.165) is 55.3 Å². The molecule has 0 aromatic heterocycles. The lowest BCUT2D eigenvalue weighted by Crippen LogP contribution is -2.66. The van der Waals surface area contributed by atoms with Gasteiger partial charge in [0, 0.05) is 47.6 Å². The van der Waals surface area contributed by atoms with Crippen LogP contribution in [0.25, 0.3) is 0 Å². The van der Waals surface area contributed by atoms with Crippen LogP contribution in [0.15, 0.2) is 0 Å². The third-order valence-electron chi connectivity index (χ3n) is 10.9. The van der Waals surface area contributed by atoms with Gasteiger partial charge in [-0.1, -0.05) is 0 Å². The normalized spacial score (nSPS) is 49.7. The third-order valence-corrected chi connectivity index (χ3v) is 10.9. The summed E-state index contributed by atoms with van der Waals surface area (Å²) in [5, 5.41) is 0. The predicted octanol–water partition coefficient (Wildman–Crippen LogP) is 4.15. The topological polar surface area (TPSA) is 49.4 Å². The van der Waals surface area contributed by atoms with Crippen molar-refractivity contribution >= 4 is 0 Å². The molecule has 3 saturated carbocycles. The fourth-order valence-electron chi connectivity index (χ4n) is 9.21. The molecule has 0 aromatic carbocycles. The van der Waals surface area contributed by atoms with E-state index in [-0.39, 0.29) is 24.4 Å². The molecule has 10 atom stereocenters. The van der Waals surface area contributed by atoms with Crippen molar-refractivity contribution in [3.05, 3.63) is 0 Å².